The molecular weight excluding hydrogens is 271 g/mol. The Labute approximate surface area is 126 Å². The Hall–Kier alpha value is -1.62. The van der Waals surface area contributed by atoms with Gasteiger partial charge in [0.15, 0.2) is 17.7 Å². The molecule has 118 valence electrons. The lowest BCUT2D eigenvalue weighted by molar-refractivity contribution is -0.127. The molecule has 0 aliphatic carbocycles. The number of hydrogen-bond donors (Lipinski definition) is 2. The number of benzene rings is 1. The van der Waals surface area contributed by atoms with Gasteiger partial charge in [0, 0.05) is 18.6 Å². The molecule has 2 N–H and O–H groups in total. The van der Waals surface area contributed by atoms with Crippen molar-refractivity contribution in [3.05, 3.63) is 29.6 Å². The topological polar surface area (TPSA) is 50.4 Å². The van der Waals surface area contributed by atoms with E-state index in [0.717, 1.165) is 5.56 Å². The van der Waals surface area contributed by atoms with Crippen LogP contribution in [0.25, 0.3) is 0 Å². The lowest BCUT2D eigenvalue weighted by Gasteiger charge is -2.17. The molecule has 0 radical (unpaired) electrons. The maximum atomic E-state index is 14.0. The van der Waals surface area contributed by atoms with E-state index in [-0.39, 0.29) is 17.7 Å². The molecule has 0 aromatic heterocycles. The summed E-state index contributed by atoms with van der Waals surface area (Å²) in [5, 5.41) is 5.95. The summed E-state index contributed by atoms with van der Waals surface area (Å²) < 4.78 is 19.4. The SMILES string of the molecule is CC(C)NCc1ccc(OC(C)C(=O)NC(C)C)c(F)c1. The first kappa shape index (κ1) is 17.4. The van der Waals surface area contributed by atoms with Gasteiger partial charge in [-0.1, -0.05) is 19.9 Å². The molecule has 0 aliphatic heterocycles. The van der Waals surface area contributed by atoms with Crippen LogP contribution in [0.5, 0.6) is 5.75 Å². The molecule has 0 heterocycles. The number of halogens is 1. The van der Waals surface area contributed by atoms with Crippen molar-refractivity contribution in [2.75, 3.05) is 0 Å². The van der Waals surface area contributed by atoms with E-state index in [1.54, 1.807) is 19.1 Å². The van der Waals surface area contributed by atoms with Gasteiger partial charge in [-0.05, 0) is 38.5 Å². The largest absolute Gasteiger partial charge is 0.478 e. The van der Waals surface area contributed by atoms with Crippen molar-refractivity contribution in [1.82, 2.24) is 10.6 Å². The highest BCUT2D eigenvalue weighted by Gasteiger charge is 2.17. The van der Waals surface area contributed by atoms with Crippen LogP contribution in [-0.4, -0.2) is 24.1 Å². The Balaban J connectivity index is 2.65. The van der Waals surface area contributed by atoms with E-state index in [4.69, 9.17) is 4.74 Å². The first-order chi connectivity index (χ1) is 9.79. The Bertz CT molecular complexity index is 475. The summed E-state index contributed by atoms with van der Waals surface area (Å²) >= 11 is 0. The number of carbonyl (C=O) groups is 1. The van der Waals surface area contributed by atoms with Crippen LogP contribution in [0, 0.1) is 5.82 Å². The maximum Gasteiger partial charge on any atom is 0.260 e. The monoisotopic (exact) mass is 296 g/mol. The lowest BCUT2D eigenvalue weighted by Crippen LogP contribution is -2.40. The summed E-state index contributed by atoms with van der Waals surface area (Å²) in [5.41, 5.74) is 0.841. The summed E-state index contributed by atoms with van der Waals surface area (Å²) in [6, 6.07) is 5.14. The van der Waals surface area contributed by atoms with Gasteiger partial charge in [0.05, 0.1) is 0 Å². The van der Waals surface area contributed by atoms with Crippen molar-refractivity contribution >= 4 is 5.91 Å². The molecule has 1 atom stereocenters. The fourth-order valence-corrected chi connectivity index (χ4v) is 1.72. The molecule has 4 nitrogen and oxygen atoms in total. The van der Waals surface area contributed by atoms with Crippen molar-refractivity contribution < 1.29 is 13.9 Å². The third-order valence-corrected chi connectivity index (χ3v) is 2.81. The molecule has 1 amide bonds. The van der Waals surface area contributed by atoms with E-state index in [0.29, 0.717) is 12.6 Å². The highest BCUT2D eigenvalue weighted by Crippen LogP contribution is 2.20. The van der Waals surface area contributed by atoms with E-state index in [2.05, 4.69) is 10.6 Å². The van der Waals surface area contributed by atoms with Gasteiger partial charge >= 0.3 is 0 Å². The highest BCUT2D eigenvalue weighted by atomic mass is 19.1. The molecule has 1 aromatic carbocycles. The number of hydrogen-bond acceptors (Lipinski definition) is 3. The Morgan fingerprint density at radius 2 is 1.86 bits per heavy atom. The van der Waals surface area contributed by atoms with Gasteiger partial charge < -0.3 is 15.4 Å². The van der Waals surface area contributed by atoms with E-state index < -0.39 is 11.9 Å². The van der Waals surface area contributed by atoms with Gasteiger partial charge in [-0.15, -0.1) is 0 Å². The molecule has 1 aromatic rings. The molecule has 5 heteroatoms. The molecular formula is C16H25FN2O2. The zero-order valence-corrected chi connectivity index (χ0v) is 13.4. The average Bonchev–Trinajstić information content (AvgIpc) is 2.38. The molecule has 0 spiro atoms. The average molecular weight is 296 g/mol. The highest BCUT2D eigenvalue weighted by molar-refractivity contribution is 5.80. The van der Waals surface area contributed by atoms with Crippen LogP contribution in [0.15, 0.2) is 18.2 Å². The molecule has 0 bridgehead atoms. The van der Waals surface area contributed by atoms with Gasteiger partial charge in [-0.2, -0.15) is 0 Å². The fourth-order valence-electron chi connectivity index (χ4n) is 1.72. The van der Waals surface area contributed by atoms with Gasteiger partial charge in [-0.3, -0.25) is 4.79 Å². The Kier molecular flexibility index (Phi) is 6.62. The van der Waals surface area contributed by atoms with Crippen LogP contribution >= 0.6 is 0 Å². The minimum atomic E-state index is -0.735. The number of carbonyl (C=O) groups excluding carboxylic acids is 1. The van der Waals surface area contributed by atoms with Gasteiger partial charge in [0.2, 0.25) is 0 Å². The minimum absolute atomic E-state index is 0.0258. The van der Waals surface area contributed by atoms with E-state index in [1.165, 1.54) is 6.07 Å². The van der Waals surface area contributed by atoms with E-state index in [9.17, 15) is 9.18 Å². The quantitative estimate of drug-likeness (QED) is 0.813. The van der Waals surface area contributed by atoms with E-state index in [1.807, 2.05) is 27.7 Å². The van der Waals surface area contributed by atoms with Crippen LogP contribution in [-0.2, 0) is 11.3 Å². The zero-order valence-electron chi connectivity index (χ0n) is 13.4. The number of rotatable bonds is 7. The normalized spacial score (nSPS) is 12.6. The Morgan fingerprint density at radius 3 is 2.38 bits per heavy atom. The predicted molar refractivity (Wildman–Crippen MR) is 81.7 cm³/mol. The standard InChI is InChI=1S/C16H25FN2O2/c1-10(2)18-9-13-6-7-15(14(17)8-13)21-12(5)16(20)19-11(3)4/h6-8,10-12,18H,9H2,1-5H3,(H,19,20). The first-order valence-electron chi connectivity index (χ1n) is 7.28. The van der Waals surface area contributed by atoms with Crippen LogP contribution < -0.4 is 15.4 Å². The van der Waals surface area contributed by atoms with Gasteiger partial charge in [0.25, 0.3) is 5.91 Å². The second-order valence-corrected chi connectivity index (χ2v) is 5.72. The summed E-state index contributed by atoms with van der Waals surface area (Å²) in [6.07, 6.45) is -0.735. The summed E-state index contributed by atoms with van der Waals surface area (Å²) in [5.74, 6) is -0.619. The zero-order chi connectivity index (χ0) is 16.0. The fraction of sp³-hybridized carbons (Fsp3) is 0.562. The second-order valence-electron chi connectivity index (χ2n) is 5.72. The molecule has 0 fully saturated rings. The lowest BCUT2D eigenvalue weighted by atomic mass is 10.2. The van der Waals surface area contributed by atoms with Crippen LogP contribution in [0.3, 0.4) is 0 Å². The molecule has 21 heavy (non-hydrogen) atoms. The molecule has 0 aliphatic rings. The third-order valence-electron chi connectivity index (χ3n) is 2.81. The predicted octanol–water partition coefficient (Wildman–Crippen LogP) is 2.62. The van der Waals surface area contributed by atoms with Crippen LogP contribution in [0.1, 0.15) is 40.2 Å². The number of ether oxygens (including phenoxy) is 1. The molecule has 1 rings (SSSR count). The van der Waals surface area contributed by atoms with Crippen LogP contribution in [0.2, 0.25) is 0 Å². The van der Waals surface area contributed by atoms with E-state index >= 15 is 0 Å². The molecule has 0 saturated heterocycles. The summed E-state index contributed by atoms with van der Waals surface area (Å²) in [6.45, 7) is 9.98. The summed E-state index contributed by atoms with van der Waals surface area (Å²) in [7, 11) is 0. The molecule has 1 unspecified atom stereocenters. The maximum absolute atomic E-state index is 14.0. The Morgan fingerprint density at radius 1 is 1.19 bits per heavy atom. The smallest absolute Gasteiger partial charge is 0.260 e. The summed E-state index contributed by atoms with van der Waals surface area (Å²) in [4.78, 5) is 11.7. The van der Waals surface area contributed by atoms with Crippen molar-refractivity contribution in [1.29, 1.82) is 0 Å². The second kappa shape index (κ2) is 7.98. The minimum Gasteiger partial charge on any atom is -0.478 e. The van der Waals surface area contributed by atoms with Crippen LogP contribution in [0.4, 0.5) is 4.39 Å². The number of nitrogens with one attached hydrogen (secondary N) is 2. The molecule has 0 saturated carbocycles. The number of amides is 1. The van der Waals surface area contributed by atoms with Crippen molar-refractivity contribution in [3.8, 4) is 5.75 Å². The first-order valence-corrected chi connectivity index (χ1v) is 7.28. The van der Waals surface area contributed by atoms with Crippen molar-refractivity contribution in [3.63, 3.8) is 0 Å². The van der Waals surface area contributed by atoms with Gasteiger partial charge in [-0.25, -0.2) is 4.39 Å². The van der Waals surface area contributed by atoms with Crippen molar-refractivity contribution in [2.24, 2.45) is 0 Å². The van der Waals surface area contributed by atoms with Crippen molar-refractivity contribution in [2.45, 2.75) is 59.4 Å². The van der Waals surface area contributed by atoms with Gasteiger partial charge in [0.1, 0.15) is 0 Å². The third kappa shape index (κ3) is 6.12.